The normalized spacial score (nSPS) is 11.3. The summed E-state index contributed by atoms with van der Waals surface area (Å²) in [5.41, 5.74) is 0.399. The number of fused-ring (bicyclic) bond motifs is 1. The Morgan fingerprint density at radius 2 is 2.00 bits per heavy atom. The van der Waals surface area contributed by atoms with Gasteiger partial charge < -0.3 is 10.1 Å². The molecule has 13 heavy (non-hydrogen) atoms. The largest absolute Gasteiger partial charge is 0.508 e. The maximum Gasteiger partial charge on any atom is 0.278 e. The van der Waals surface area contributed by atoms with Gasteiger partial charge in [0.05, 0.1) is 5.69 Å². The second-order valence-corrected chi connectivity index (χ2v) is 2.80. The van der Waals surface area contributed by atoms with Gasteiger partial charge >= 0.3 is 0 Å². The molecular formula is C9H7F2NO. The molecule has 0 unspecified atom stereocenters. The van der Waals surface area contributed by atoms with Crippen molar-refractivity contribution in [2.24, 2.45) is 0 Å². The average molecular weight is 183 g/mol. The van der Waals surface area contributed by atoms with Crippen LogP contribution in [0.1, 0.15) is 12.1 Å². The van der Waals surface area contributed by atoms with Crippen molar-refractivity contribution in [1.82, 2.24) is 4.98 Å². The summed E-state index contributed by atoms with van der Waals surface area (Å²) in [6, 6.07) is 5.85. The van der Waals surface area contributed by atoms with Crippen LogP contribution in [0.25, 0.3) is 10.9 Å². The molecule has 0 atom stereocenters. The predicted molar refractivity (Wildman–Crippen MR) is 44.9 cm³/mol. The third-order valence-electron chi connectivity index (χ3n) is 1.86. The first kappa shape index (κ1) is 8.04. The van der Waals surface area contributed by atoms with Crippen molar-refractivity contribution < 1.29 is 13.9 Å². The predicted octanol–water partition coefficient (Wildman–Crippen LogP) is 2.81. The summed E-state index contributed by atoms with van der Waals surface area (Å²) in [4.78, 5) is 2.53. The summed E-state index contributed by atoms with van der Waals surface area (Å²) >= 11 is 0. The first-order chi connectivity index (χ1) is 6.16. The zero-order chi connectivity index (χ0) is 9.42. The van der Waals surface area contributed by atoms with Crippen LogP contribution in [0, 0.1) is 0 Å². The highest BCUT2D eigenvalue weighted by Gasteiger charge is 2.10. The number of halogens is 2. The summed E-state index contributed by atoms with van der Waals surface area (Å²) in [7, 11) is 0. The molecule has 0 aliphatic heterocycles. The number of alkyl halides is 2. The number of benzene rings is 1. The molecule has 68 valence electrons. The van der Waals surface area contributed by atoms with Gasteiger partial charge in [0.15, 0.2) is 0 Å². The Kier molecular flexibility index (Phi) is 1.69. The average Bonchev–Trinajstić information content (AvgIpc) is 2.46. The standard InChI is InChI=1S/C9H7F2NO/c10-9(11)8-3-5-1-2-6(13)4-7(5)12-8/h1-4,9,12-13H. The summed E-state index contributed by atoms with van der Waals surface area (Å²) < 4.78 is 24.4. The molecule has 0 aliphatic carbocycles. The topological polar surface area (TPSA) is 36.0 Å². The molecule has 2 aromatic rings. The van der Waals surface area contributed by atoms with Gasteiger partial charge in [-0.05, 0) is 18.2 Å². The molecule has 0 fully saturated rings. The second-order valence-electron chi connectivity index (χ2n) is 2.80. The van der Waals surface area contributed by atoms with E-state index in [4.69, 9.17) is 5.11 Å². The third-order valence-corrected chi connectivity index (χ3v) is 1.86. The molecule has 2 N–H and O–H groups in total. The van der Waals surface area contributed by atoms with E-state index in [0.717, 1.165) is 0 Å². The lowest BCUT2D eigenvalue weighted by Gasteiger charge is -1.91. The van der Waals surface area contributed by atoms with Gasteiger partial charge in [-0.2, -0.15) is 0 Å². The maximum absolute atomic E-state index is 12.2. The molecule has 2 nitrogen and oxygen atoms in total. The number of phenols is 1. The quantitative estimate of drug-likeness (QED) is 0.700. The molecule has 0 amide bonds. The van der Waals surface area contributed by atoms with Crippen molar-refractivity contribution in [2.45, 2.75) is 6.43 Å². The lowest BCUT2D eigenvalue weighted by molar-refractivity contribution is 0.147. The highest BCUT2D eigenvalue weighted by atomic mass is 19.3. The molecular weight excluding hydrogens is 176 g/mol. The Labute approximate surface area is 72.8 Å². The number of nitrogens with one attached hydrogen (secondary N) is 1. The smallest absolute Gasteiger partial charge is 0.278 e. The Morgan fingerprint density at radius 3 is 2.69 bits per heavy atom. The van der Waals surface area contributed by atoms with Crippen molar-refractivity contribution >= 4 is 10.9 Å². The van der Waals surface area contributed by atoms with Crippen molar-refractivity contribution in [2.75, 3.05) is 0 Å². The number of hydrogen-bond donors (Lipinski definition) is 2. The molecule has 0 aliphatic rings. The highest BCUT2D eigenvalue weighted by Crippen LogP contribution is 2.25. The molecule has 2 rings (SSSR count). The molecule has 0 spiro atoms. The molecule has 1 heterocycles. The molecule has 1 aromatic heterocycles. The van der Waals surface area contributed by atoms with E-state index in [1.165, 1.54) is 18.2 Å². The zero-order valence-electron chi connectivity index (χ0n) is 6.59. The van der Waals surface area contributed by atoms with Gasteiger partial charge in [0.2, 0.25) is 0 Å². The molecule has 0 saturated carbocycles. The van der Waals surface area contributed by atoms with Crippen LogP contribution in [0.5, 0.6) is 5.75 Å². The van der Waals surface area contributed by atoms with Crippen molar-refractivity contribution in [3.63, 3.8) is 0 Å². The van der Waals surface area contributed by atoms with Crippen molar-refractivity contribution in [1.29, 1.82) is 0 Å². The summed E-state index contributed by atoms with van der Waals surface area (Å²) in [5, 5.41) is 9.74. The van der Waals surface area contributed by atoms with Gasteiger partial charge in [0.25, 0.3) is 6.43 Å². The van der Waals surface area contributed by atoms with Crippen LogP contribution in [0.2, 0.25) is 0 Å². The fourth-order valence-corrected chi connectivity index (χ4v) is 1.26. The van der Waals surface area contributed by atoms with E-state index in [-0.39, 0.29) is 11.4 Å². The number of aromatic hydroxyl groups is 1. The maximum atomic E-state index is 12.2. The fourth-order valence-electron chi connectivity index (χ4n) is 1.26. The van der Waals surface area contributed by atoms with E-state index >= 15 is 0 Å². The summed E-state index contributed by atoms with van der Waals surface area (Å²) in [6.07, 6.45) is -2.51. The van der Waals surface area contributed by atoms with Gasteiger partial charge in [0, 0.05) is 17.0 Å². The number of hydrogen-bond acceptors (Lipinski definition) is 1. The fraction of sp³-hybridized carbons (Fsp3) is 0.111. The van der Waals surface area contributed by atoms with Crippen LogP contribution in [-0.4, -0.2) is 10.1 Å². The Morgan fingerprint density at radius 1 is 1.23 bits per heavy atom. The Balaban J connectivity index is 2.62. The van der Waals surface area contributed by atoms with Crippen LogP contribution in [-0.2, 0) is 0 Å². The van der Waals surface area contributed by atoms with Gasteiger partial charge in [-0.15, -0.1) is 0 Å². The Bertz CT molecular complexity index is 436. The van der Waals surface area contributed by atoms with E-state index in [9.17, 15) is 8.78 Å². The number of H-pyrrole nitrogens is 1. The summed E-state index contributed by atoms with van der Waals surface area (Å²) in [5.74, 6) is 0.0650. The van der Waals surface area contributed by atoms with Crippen LogP contribution < -0.4 is 0 Å². The minimum atomic E-state index is -2.51. The van der Waals surface area contributed by atoms with Crippen LogP contribution >= 0.6 is 0 Å². The lowest BCUT2D eigenvalue weighted by atomic mass is 10.2. The first-order valence-electron chi connectivity index (χ1n) is 3.76. The monoisotopic (exact) mass is 183 g/mol. The number of aromatic nitrogens is 1. The Hall–Kier alpha value is -1.58. The molecule has 1 aromatic carbocycles. The number of aromatic amines is 1. The third kappa shape index (κ3) is 1.35. The van der Waals surface area contributed by atoms with E-state index < -0.39 is 6.43 Å². The molecule has 0 radical (unpaired) electrons. The van der Waals surface area contributed by atoms with Crippen LogP contribution in [0.4, 0.5) is 8.78 Å². The van der Waals surface area contributed by atoms with Gasteiger partial charge in [-0.25, -0.2) is 8.78 Å². The molecule has 4 heteroatoms. The van der Waals surface area contributed by atoms with Crippen molar-refractivity contribution in [3.8, 4) is 5.75 Å². The highest BCUT2D eigenvalue weighted by molar-refractivity contribution is 5.81. The number of rotatable bonds is 1. The first-order valence-corrected chi connectivity index (χ1v) is 3.76. The van der Waals surface area contributed by atoms with Gasteiger partial charge in [0.1, 0.15) is 5.75 Å². The summed E-state index contributed by atoms with van der Waals surface area (Å²) in [6.45, 7) is 0. The zero-order valence-corrected chi connectivity index (χ0v) is 6.59. The van der Waals surface area contributed by atoms with E-state index in [0.29, 0.717) is 10.9 Å². The van der Waals surface area contributed by atoms with Gasteiger partial charge in [-0.1, -0.05) is 0 Å². The molecule has 0 bridgehead atoms. The van der Waals surface area contributed by atoms with E-state index in [1.807, 2.05) is 0 Å². The lowest BCUT2D eigenvalue weighted by Crippen LogP contribution is -1.80. The number of phenolic OH excluding ortho intramolecular Hbond substituents is 1. The second kappa shape index (κ2) is 2.73. The minimum absolute atomic E-state index is 0.0650. The SMILES string of the molecule is Oc1ccc2cc(C(F)F)[nH]c2c1. The van der Waals surface area contributed by atoms with Gasteiger partial charge in [-0.3, -0.25) is 0 Å². The van der Waals surface area contributed by atoms with Crippen LogP contribution in [0.3, 0.4) is 0 Å². The molecule has 0 saturated heterocycles. The minimum Gasteiger partial charge on any atom is -0.508 e. The van der Waals surface area contributed by atoms with E-state index in [1.54, 1.807) is 6.07 Å². The van der Waals surface area contributed by atoms with Crippen molar-refractivity contribution in [3.05, 3.63) is 30.0 Å². The van der Waals surface area contributed by atoms with Crippen LogP contribution in [0.15, 0.2) is 24.3 Å². The van der Waals surface area contributed by atoms with E-state index in [2.05, 4.69) is 4.98 Å².